The first-order valence-electron chi connectivity index (χ1n) is 14.5. The minimum absolute atomic E-state index is 0.951. The van der Waals surface area contributed by atoms with Gasteiger partial charge in [-0.1, -0.05) is 161 Å². The SMILES string of the molecule is CCCCCCCCCCCCC=CCCCCCC(C)CCCCCCCCC. The monoisotopic (exact) mass is 420 g/mol. The van der Waals surface area contributed by atoms with Crippen LogP contribution in [0.15, 0.2) is 12.2 Å². The summed E-state index contributed by atoms with van der Waals surface area (Å²) in [7, 11) is 0. The molecule has 0 aromatic heterocycles. The Kier molecular flexibility index (Phi) is 26.5. The van der Waals surface area contributed by atoms with Gasteiger partial charge in [-0.25, -0.2) is 0 Å². The fourth-order valence-corrected chi connectivity index (χ4v) is 4.51. The molecule has 0 aromatic rings. The number of unbranched alkanes of at least 4 members (excludes halogenated alkanes) is 19. The van der Waals surface area contributed by atoms with Gasteiger partial charge < -0.3 is 0 Å². The van der Waals surface area contributed by atoms with Gasteiger partial charge in [0.25, 0.3) is 0 Å². The third-order valence-electron chi connectivity index (χ3n) is 6.76. The van der Waals surface area contributed by atoms with E-state index >= 15 is 0 Å². The summed E-state index contributed by atoms with van der Waals surface area (Å²) in [6.45, 7) is 7.08. The van der Waals surface area contributed by atoms with Gasteiger partial charge in [-0.3, -0.25) is 0 Å². The summed E-state index contributed by atoms with van der Waals surface area (Å²) in [6, 6.07) is 0. The Hall–Kier alpha value is -0.260. The predicted octanol–water partition coefficient (Wildman–Crippen LogP) is 11.6. The largest absolute Gasteiger partial charge is 0.0885 e. The summed E-state index contributed by atoms with van der Waals surface area (Å²) in [5.74, 6) is 0.951. The van der Waals surface area contributed by atoms with Gasteiger partial charge in [-0.2, -0.15) is 0 Å². The highest BCUT2D eigenvalue weighted by Crippen LogP contribution is 2.18. The molecular formula is C30H60. The smallest absolute Gasteiger partial charge is 0.0351 e. The molecule has 0 aliphatic rings. The molecule has 0 spiro atoms. The van der Waals surface area contributed by atoms with E-state index in [0.717, 1.165) is 5.92 Å². The molecule has 0 N–H and O–H groups in total. The van der Waals surface area contributed by atoms with Crippen molar-refractivity contribution in [3.8, 4) is 0 Å². The zero-order valence-corrected chi connectivity index (χ0v) is 21.7. The van der Waals surface area contributed by atoms with E-state index < -0.39 is 0 Å². The van der Waals surface area contributed by atoms with Gasteiger partial charge >= 0.3 is 0 Å². The van der Waals surface area contributed by atoms with Crippen LogP contribution in [0.1, 0.15) is 175 Å². The van der Waals surface area contributed by atoms with Gasteiger partial charge in [-0.05, 0) is 31.6 Å². The molecule has 1 atom stereocenters. The zero-order chi connectivity index (χ0) is 22.0. The molecule has 0 radical (unpaired) electrons. The van der Waals surface area contributed by atoms with Gasteiger partial charge in [0.15, 0.2) is 0 Å². The molecule has 0 saturated carbocycles. The highest BCUT2D eigenvalue weighted by molar-refractivity contribution is 4.81. The molecule has 0 aliphatic heterocycles. The summed E-state index contributed by atoms with van der Waals surface area (Å²) < 4.78 is 0. The lowest BCUT2D eigenvalue weighted by molar-refractivity contribution is 0.434. The van der Waals surface area contributed by atoms with Gasteiger partial charge in [0.2, 0.25) is 0 Å². The van der Waals surface area contributed by atoms with E-state index in [1.54, 1.807) is 0 Å². The molecule has 0 rings (SSSR count). The number of hydrogen-bond acceptors (Lipinski definition) is 0. The normalized spacial score (nSPS) is 12.8. The average molecular weight is 421 g/mol. The van der Waals surface area contributed by atoms with Crippen LogP contribution in [0.3, 0.4) is 0 Å². The summed E-state index contributed by atoms with van der Waals surface area (Å²) in [4.78, 5) is 0. The Bertz CT molecular complexity index is 316. The summed E-state index contributed by atoms with van der Waals surface area (Å²) in [6.07, 6.45) is 39.3. The molecule has 0 aliphatic carbocycles. The van der Waals surface area contributed by atoms with Crippen LogP contribution in [0.25, 0.3) is 0 Å². The van der Waals surface area contributed by atoms with Crippen LogP contribution in [0, 0.1) is 5.92 Å². The highest BCUT2D eigenvalue weighted by Gasteiger charge is 2.02. The minimum atomic E-state index is 0.951. The second-order valence-electron chi connectivity index (χ2n) is 10.1. The topological polar surface area (TPSA) is 0 Å². The molecule has 0 fully saturated rings. The molecule has 180 valence electrons. The second kappa shape index (κ2) is 26.8. The van der Waals surface area contributed by atoms with Crippen molar-refractivity contribution in [2.75, 3.05) is 0 Å². The Balaban J connectivity index is 3.19. The van der Waals surface area contributed by atoms with Crippen molar-refractivity contribution in [1.82, 2.24) is 0 Å². The van der Waals surface area contributed by atoms with Crippen molar-refractivity contribution in [3.63, 3.8) is 0 Å². The van der Waals surface area contributed by atoms with Crippen LogP contribution in [-0.4, -0.2) is 0 Å². The van der Waals surface area contributed by atoms with Crippen LogP contribution in [0.5, 0.6) is 0 Å². The van der Waals surface area contributed by atoms with Crippen LogP contribution in [-0.2, 0) is 0 Å². The van der Waals surface area contributed by atoms with E-state index in [-0.39, 0.29) is 0 Å². The van der Waals surface area contributed by atoms with Crippen LogP contribution >= 0.6 is 0 Å². The maximum absolute atomic E-state index is 2.48. The van der Waals surface area contributed by atoms with Crippen molar-refractivity contribution in [2.24, 2.45) is 5.92 Å². The molecule has 0 saturated heterocycles. The van der Waals surface area contributed by atoms with Crippen molar-refractivity contribution < 1.29 is 0 Å². The van der Waals surface area contributed by atoms with Gasteiger partial charge in [0, 0.05) is 0 Å². The Morgan fingerprint density at radius 3 is 1.10 bits per heavy atom. The summed E-state index contributed by atoms with van der Waals surface area (Å²) in [5.41, 5.74) is 0. The summed E-state index contributed by atoms with van der Waals surface area (Å²) >= 11 is 0. The lowest BCUT2D eigenvalue weighted by atomic mass is 9.96. The standard InChI is InChI=1S/C30H60/c1-4-6-8-10-12-13-14-15-16-17-18-19-20-21-23-25-27-29-30(3)28-26-24-22-11-9-7-5-2/h19-20,30H,4-18,21-29H2,1-3H3. The fraction of sp³-hybridized carbons (Fsp3) is 0.933. The maximum atomic E-state index is 2.48. The minimum Gasteiger partial charge on any atom is -0.0885 e. The summed E-state index contributed by atoms with van der Waals surface area (Å²) in [5, 5.41) is 0. The van der Waals surface area contributed by atoms with Crippen molar-refractivity contribution in [2.45, 2.75) is 175 Å². The van der Waals surface area contributed by atoms with Crippen molar-refractivity contribution >= 4 is 0 Å². The number of hydrogen-bond donors (Lipinski definition) is 0. The molecule has 1 unspecified atom stereocenters. The van der Waals surface area contributed by atoms with Crippen molar-refractivity contribution in [3.05, 3.63) is 12.2 Å². The molecular weight excluding hydrogens is 360 g/mol. The third kappa shape index (κ3) is 25.8. The lowest BCUT2D eigenvalue weighted by Crippen LogP contribution is -1.95. The first-order valence-corrected chi connectivity index (χ1v) is 14.5. The molecule has 0 heteroatoms. The van der Waals surface area contributed by atoms with Crippen LogP contribution in [0.2, 0.25) is 0 Å². The Labute approximate surface area is 193 Å². The Morgan fingerprint density at radius 1 is 0.400 bits per heavy atom. The predicted molar refractivity (Wildman–Crippen MR) is 140 cm³/mol. The molecule has 0 bridgehead atoms. The molecule has 0 nitrogen and oxygen atoms in total. The van der Waals surface area contributed by atoms with E-state index in [9.17, 15) is 0 Å². The zero-order valence-electron chi connectivity index (χ0n) is 21.7. The number of rotatable bonds is 25. The molecule has 30 heavy (non-hydrogen) atoms. The third-order valence-corrected chi connectivity index (χ3v) is 6.76. The van der Waals surface area contributed by atoms with E-state index in [4.69, 9.17) is 0 Å². The van der Waals surface area contributed by atoms with Gasteiger partial charge in [-0.15, -0.1) is 0 Å². The first kappa shape index (κ1) is 29.7. The lowest BCUT2D eigenvalue weighted by Gasteiger charge is -2.10. The van der Waals surface area contributed by atoms with Crippen LogP contribution in [0.4, 0.5) is 0 Å². The fourth-order valence-electron chi connectivity index (χ4n) is 4.51. The van der Waals surface area contributed by atoms with E-state index in [2.05, 4.69) is 32.9 Å². The number of allylic oxidation sites excluding steroid dienone is 2. The van der Waals surface area contributed by atoms with E-state index in [1.165, 1.54) is 154 Å². The highest BCUT2D eigenvalue weighted by atomic mass is 14.1. The Morgan fingerprint density at radius 2 is 0.700 bits per heavy atom. The molecule has 0 heterocycles. The maximum Gasteiger partial charge on any atom is -0.0351 e. The average Bonchev–Trinajstić information content (AvgIpc) is 2.75. The van der Waals surface area contributed by atoms with E-state index in [1.807, 2.05) is 0 Å². The van der Waals surface area contributed by atoms with Gasteiger partial charge in [0.05, 0.1) is 0 Å². The van der Waals surface area contributed by atoms with E-state index in [0.29, 0.717) is 0 Å². The molecule has 0 amide bonds. The first-order chi connectivity index (χ1) is 14.8. The quantitative estimate of drug-likeness (QED) is 0.102. The van der Waals surface area contributed by atoms with Gasteiger partial charge in [0.1, 0.15) is 0 Å². The van der Waals surface area contributed by atoms with Crippen molar-refractivity contribution in [1.29, 1.82) is 0 Å². The molecule has 0 aromatic carbocycles. The van der Waals surface area contributed by atoms with Crippen LogP contribution < -0.4 is 0 Å². The second-order valence-corrected chi connectivity index (χ2v) is 10.1.